The zero-order chi connectivity index (χ0) is 16.0. The molecule has 1 heterocycles. The van der Waals surface area contributed by atoms with Gasteiger partial charge in [-0.1, -0.05) is 36.4 Å². The van der Waals surface area contributed by atoms with Gasteiger partial charge in [-0.2, -0.15) is 0 Å². The first-order valence-corrected chi connectivity index (χ1v) is 7.70. The average molecular weight is 309 g/mol. The Balaban J connectivity index is 1.75. The van der Waals surface area contributed by atoms with E-state index in [4.69, 9.17) is 5.11 Å². The number of aromatic carboxylic acids is 1. The number of carboxylic acids is 1. The highest BCUT2D eigenvalue weighted by Crippen LogP contribution is 2.50. The maximum absolute atomic E-state index is 14.2. The minimum Gasteiger partial charge on any atom is -0.478 e. The number of fused-ring (bicyclic) bond motifs is 3. The molecule has 23 heavy (non-hydrogen) atoms. The Hall–Kier alpha value is -2.62. The summed E-state index contributed by atoms with van der Waals surface area (Å²) in [4.78, 5) is 11.0. The third-order valence-electron chi connectivity index (χ3n) is 4.86. The monoisotopic (exact) mass is 309 g/mol. The molecule has 2 aliphatic rings. The molecule has 0 saturated carbocycles. The fourth-order valence-corrected chi connectivity index (χ4v) is 3.75. The van der Waals surface area contributed by atoms with E-state index in [1.54, 1.807) is 18.2 Å². The lowest BCUT2D eigenvalue weighted by Gasteiger charge is -2.37. The van der Waals surface area contributed by atoms with Crippen molar-refractivity contribution in [1.82, 2.24) is 0 Å². The maximum atomic E-state index is 14.2. The molecule has 3 nitrogen and oxygen atoms in total. The summed E-state index contributed by atoms with van der Waals surface area (Å²) >= 11 is 0. The summed E-state index contributed by atoms with van der Waals surface area (Å²) in [5, 5.41) is 12.4. The van der Waals surface area contributed by atoms with Crippen molar-refractivity contribution in [2.24, 2.45) is 5.92 Å². The Morgan fingerprint density at radius 3 is 2.70 bits per heavy atom. The molecule has 4 heteroatoms. The van der Waals surface area contributed by atoms with Crippen molar-refractivity contribution in [3.8, 4) is 0 Å². The Labute approximate surface area is 133 Å². The van der Waals surface area contributed by atoms with Gasteiger partial charge in [0.1, 0.15) is 5.82 Å². The van der Waals surface area contributed by atoms with Gasteiger partial charge in [0.05, 0.1) is 17.3 Å². The van der Waals surface area contributed by atoms with Crippen molar-refractivity contribution in [3.63, 3.8) is 0 Å². The zero-order valence-corrected chi connectivity index (χ0v) is 12.4. The molecule has 0 aromatic heterocycles. The highest BCUT2D eigenvalue weighted by molar-refractivity contribution is 5.87. The normalized spacial score (nSPS) is 24.7. The second-order valence-corrected chi connectivity index (χ2v) is 6.11. The van der Waals surface area contributed by atoms with Gasteiger partial charge < -0.3 is 10.4 Å². The predicted octanol–water partition coefficient (Wildman–Crippen LogP) is 4.35. The number of carboxylic acid groups (broad SMARTS) is 1. The van der Waals surface area contributed by atoms with Crippen LogP contribution in [0.15, 0.2) is 54.6 Å². The molecule has 3 atom stereocenters. The third-order valence-corrected chi connectivity index (χ3v) is 4.86. The molecule has 2 aromatic carbocycles. The predicted molar refractivity (Wildman–Crippen MR) is 86.2 cm³/mol. The van der Waals surface area contributed by atoms with E-state index in [1.807, 2.05) is 18.2 Å². The largest absolute Gasteiger partial charge is 0.478 e. The molecular formula is C19H16FNO2. The smallest absolute Gasteiger partial charge is 0.335 e. The lowest BCUT2D eigenvalue weighted by molar-refractivity contribution is 0.0697. The quantitative estimate of drug-likeness (QED) is 0.811. The van der Waals surface area contributed by atoms with Crippen molar-refractivity contribution in [2.45, 2.75) is 18.4 Å². The fraction of sp³-hybridized carbons (Fsp3) is 0.211. The van der Waals surface area contributed by atoms with Crippen LogP contribution in [0.3, 0.4) is 0 Å². The number of allylic oxidation sites excluding steroid dienone is 2. The number of anilines is 1. The number of nitrogens with one attached hydrogen (secondary N) is 1. The molecule has 2 aromatic rings. The number of benzene rings is 2. The minimum absolute atomic E-state index is 0.0257. The van der Waals surface area contributed by atoms with E-state index in [0.29, 0.717) is 11.6 Å². The molecule has 1 aliphatic carbocycles. The van der Waals surface area contributed by atoms with Crippen LogP contribution in [0.5, 0.6) is 0 Å². The van der Waals surface area contributed by atoms with Gasteiger partial charge in [0.25, 0.3) is 0 Å². The van der Waals surface area contributed by atoms with Crippen molar-refractivity contribution < 1.29 is 14.3 Å². The van der Waals surface area contributed by atoms with Crippen LogP contribution >= 0.6 is 0 Å². The van der Waals surface area contributed by atoms with Gasteiger partial charge in [0.2, 0.25) is 0 Å². The number of hydrogen-bond acceptors (Lipinski definition) is 2. The minimum atomic E-state index is -0.940. The summed E-state index contributed by atoms with van der Waals surface area (Å²) in [6.45, 7) is 0. The summed E-state index contributed by atoms with van der Waals surface area (Å²) in [6.07, 6.45) is 5.23. The molecule has 0 fully saturated rings. The average Bonchev–Trinajstić information content (AvgIpc) is 3.04. The molecule has 0 bridgehead atoms. The Kier molecular flexibility index (Phi) is 3.18. The molecule has 0 spiro atoms. The van der Waals surface area contributed by atoms with Gasteiger partial charge in [0.15, 0.2) is 0 Å². The van der Waals surface area contributed by atoms with Crippen molar-refractivity contribution in [2.75, 3.05) is 5.32 Å². The molecule has 0 saturated heterocycles. The zero-order valence-electron chi connectivity index (χ0n) is 12.4. The number of carbonyl (C=O) groups is 1. The Morgan fingerprint density at radius 1 is 1.17 bits per heavy atom. The molecule has 0 radical (unpaired) electrons. The van der Waals surface area contributed by atoms with Crippen LogP contribution in [0.2, 0.25) is 0 Å². The van der Waals surface area contributed by atoms with E-state index >= 15 is 0 Å². The molecular weight excluding hydrogens is 293 g/mol. The van der Waals surface area contributed by atoms with E-state index in [2.05, 4.69) is 17.5 Å². The van der Waals surface area contributed by atoms with Gasteiger partial charge in [-0.3, -0.25) is 0 Å². The first-order valence-electron chi connectivity index (χ1n) is 7.70. The second-order valence-electron chi connectivity index (χ2n) is 6.11. The van der Waals surface area contributed by atoms with Crippen molar-refractivity contribution in [1.29, 1.82) is 0 Å². The van der Waals surface area contributed by atoms with Gasteiger partial charge in [-0.25, -0.2) is 9.18 Å². The summed E-state index contributed by atoms with van der Waals surface area (Å²) in [7, 11) is 0. The first-order chi connectivity index (χ1) is 11.1. The third kappa shape index (κ3) is 2.22. The van der Waals surface area contributed by atoms with Crippen LogP contribution < -0.4 is 5.32 Å². The number of hydrogen-bond donors (Lipinski definition) is 2. The highest BCUT2D eigenvalue weighted by atomic mass is 19.1. The summed E-state index contributed by atoms with van der Waals surface area (Å²) in [5.41, 5.74) is 2.81. The lowest BCUT2D eigenvalue weighted by atomic mass is 9.77. The van der Waals surface area contributed by atoms with E-state index in [0.717, 1.165) is 17.5 Å². The fourth-order valence-electron chi connectivity index (χ4n) is 3.75. The SMILES string of the molecule is O=C(O)c1ccc([C@@H]2Nc3c(F)cccc3[C@H]3C=CC[C@@H]32)cc1. The van der Waals surface area contributed by atoms with E-state index in [-0.39, 0.29) is 23.3 Å². The van der Waals surface area contributed by atoms with Crippen LogP contribution in [0.25, 0.3) is 0 Å². The van der Waals surface area contributed by atoms with E-state index in [1.165, 1.54) is 6.07 Å². The van der Waals surface area contributed by atoms with Gasteiger partial charge in [-0.15, -0.1) is 0 Å². The molecule has 1 aliphatic heterocycles. The van der Waals surface area contributed by atoms with Crippen molar-refractivity contribution in [3.05, 3.63) is 77.1 Å². The van der Waals surface area contributed by atoms with Crippen LogP contribution in [0.1, 0.15) is 39.9 Å². The molecule has 0 amide bonds. The first kappa shape index (κ1) is 14.0. The highest BCUT2D eigenvalue weighted by Gasteiger charge is 2.38. The number of para-hydroxylation sites is 1. The van der Waals surface area contributed by atoms with Gasteiger partial charge >= 0.3 is 5.97 Å². The van der Waals surface area contributed by atoms with Crippen LogP contribution in [0, 0.1) is 11.7 Å². The molecule has 2 N–H and O–H groups in total. The Bertz CT molecular complexity index is 798. The number of rotatable bonds is 2. The molecule has 0 unspecified atom stereocenters. The molecule has 4 rings (SSSR count). The van der Waals surface area contributed by atoms with Gasteiger partial charge in [-0.05, 0) is 41.7 Å². The summed E-state index contributed by atoms with van der Waals surface area (Å²) < 4.78 is 14.2. The standard InChI is InChI=1S/C19H16FNO2/c20-16-6-2-5-15-13-3-1-4-14(13)17(21-18(15)16)11-7-9-12(10-8-11)19(22)23/h1-3,5-10,13-14,17,21H,4H2,(H,22,23)/t13-,14-,17-/m0/s1. The molecule has 116 valence electrons. The van der Waals surface area contributed by atoms with E-state index < -0.39 is 5.97 Å². The Morgan fingerprint density at radius 2 is 1.96 bits per heavy atom. The van der Waals surface area contributed by atoms with Crippen molar-refractivity contribution >= 4 is 11.7 Å². The van der Waals surface area contributed by atoms with Crippen LogP contribution in [0.4, 0.5) is 10.1 Å². The maximum Gasteiger partial charge on any atom is 0.335 e. The summed E-state index contributed by atoms with van der Waals surface area (Å²) in [5.74, 6) is -0.663. The summed E-state index contributed by atoms with van der Waals surface area (Å²) in [6, 6.07) is 12.0. The van der Waals surface area contributed by atoms with E-state index in [9.17, 15) is 9.18 Å². The van der Waals surface area contributed by atoms with Crippen LogP contribution in [-0.4, -0.2) is 11.1 Å². The lowest BCUT2D eigenvalue weighted by Crippen LogP contribution is -2.29. The van der Waals surface area contributed by atoms with Crippen LogP contribution in [-0.2, 0) is 0 Å². The second kappa shape index (κ2) is 5.23. The number of halogens is 1. The van der Waals surface area contributed by atoms with Gasteiger partial charge in [0, 0.05) is 5.92 Å². The topological polar surface area (TPSA) is 49.3 Å².